The highest BCUT2D eigenvalue weighted by Crippen LogP contribution is 2.39. The Morgan fingerprint density at radius 1 is 0.962 bits per heavy atom. The summed E-state index contributed by atoms with van der Waals surface area (Å²) < 4.78 is 2.43. The summed E-state index contributed by atoms with van der Waals surface area (Å²) >= 11 is 0. The summed E-state index contributed by atoms with van der Waals surface area (Å²) in [4.78, 5) is 6.75. The second-order valence-electron chi connectivity index (χ2n) is 7.20. The zero-order valence-corrected chi connectivity index (χ0v) is 15.7. The number of likely N-dealkylation sites (tertiary alicyclic amines) is 1. The fourth-order valence-electron chi connectivity index (χ4n) is 4.26. The highest BCUT2D eigenvalue weighted by molar-refractivity contribution is 5.82. The molecule has 0 unspecified atom stereocenters. The molecule has 3 heterocycles. The van der Waals surface area contributed by atoms with Crippen LogP contribution < -0.4 is 0 Å². The van der Waals surface area contributed by atoms with Gasteiger partial charge in [0.25, 0.3) is 0 Å². The molecule has 0 radical (unpaired) electrons. The van der Waals surface area contributed by atoms with Crippen LogP contribution in [0.4, 0.5) is 0 Å². The van der Waals surface area contributed by atoms with Crippen LogP contribution in [0.1, 0.15) is 31.4 Å². The van der Waals surface area contributed by atoms with Crippen LogP contribution in [0.2, 0.25) is 0 Å². The van der Waals surface area contributed by atoms with Crippen LogP contribution >= 0.6 is 0 Å². The Morgan fingerprint density at radius 2 is 1.65 bits per heavy atom. The fraction of sp³-hybridized carbons (Fsp3) is 0.348. The Labute approximate surface area is 156 Å². The van der Waals surface area contributed by atoms with Gasteiger partial charge in [0.05, 0.1) is 5.69 Å². The first kappa shape index (κ1) is 17.0. The Balaban J connectivity index is 1.79. The topological polar surface area (TPSA) is 21.1 Å². The van der Waals surface area contributed by atoms with Gasteiger partial charge in [0.15, 0.2) is 0 Å². The van der Waals surface area contributed by atoms with Gasteiger partial charge in [-0.25, -0.2) is 0 Å². The second kappa shape index (κ2) is 7.46. The summed E-state index contributed by atoms with van der Waals surface area (Å²) in [5.74, 6) is 0.640. The van der Waals surface area contributed by atoms with Gasteiger partial charge in [-0.15, -0.1) is 0 Å². The van der Waals surface area contributed by atoms with Gasteiger partial charge < -0.3 is 9.47 Å². The van der Waals surface area contributed by atoms with Crippen molar-refractivity contribution in [3.05, 3.63) is 66.6 Å². The van der Waals surface area contributed by atoms with Gasteiger partial charge >= 0.3 is 0 Å². The maximum absolute atomic E-state index is 4.20. The number of benzene rings is 1. The molecule has 0 spiro atoms. The normalized spacial score (nSPS) is 16.1. The van der Waals surface area contributed by atoms with Crippen LogP contribution in [0.15, 0.2) is 60.9 Å². The molecule has 0 N–H and O–H groups in total. The molecule has 26 heavy (non-hydrogen) atoms. The first-order chi connectivity index (χ1) is 12.8. The minimum atomic E-state index is 0.640. The van der Waals surface area contributed by atoms with Gasteiger partial charge in [-0.2, -0.15) is 0 Å². The van der Waals surface area contributed by atoms with Gasteiger partial charge in [-0.3, -0.25) is 4.98 Å². The molecule has 2 aromatic heterocycles. The van der Waals surface area contributed by atoms with Crippen LogP contribution in [-0.2, 0) is 7.05 Å². The predicted molar refractivity (Wildman–Crippen MR) is 108 cm³/mol. The third kappa shape index (κ3) is 3.19. The zero-order valence-electron chi connectivity index (χ0n) is 15.7. The number of pyridine rings is 1. The van der Waals surface area contributed by atoms with Gasteiger partial charge in [0.1, 0.15) is 0 Å². The van der Waals surface area contributed by atoms with Crippen molar-refractivity contribution in [3.8, 4) is 22.4 Å². The number of hydrogen-bond acceptors (Lipinski definition) is 2. The second-order valence-corrected chi connectivity index (χ2v) is 7.20. The Kier molecular flexibility index (Phi) is 4.89. The first-order valence-corrected chi connectivity index (χ1v) is 9.65. The molecule has 3 aromatic rings. The average Bonchev–Trinajstić information content (AvgIpc) is 3.06. The number of hydrogen-bond donors (Lipinski definition) is 0. The monoisotopic (exact) mass is 345 g/mol. The minimum absolute atomic E-state index is 0.640. The van der Waals surface area contributed by atoms with E-state index in [0.29, 0.717) is 5.92 Å². The lowest BCUT2D eigenvalue weighted by Crippen LogP contribution is -2.33. The summed E-state index contributed by atoms with van der Waals surface area (Å²) in [6, 6.07) is 17.4. The SMILES string of the molecule is CCN1CCC(c2cc(-c3ccncc3)c(-c3ccccc3)n2C)CC1. The molecule has 0 bridgehead atoms. The lowest BCUT2D eigenvalue weighted by atomic mass is 9.93. The van der Waals surface area contributed by atoms with Crippen molar-refractivity contribution in [1.82, 2.24) is 14.5 Å². The van der Waals surface area contributed by atoms with E-state index in [2.05, 4.69) is 77.0 Å². The Hall–Kier alpha value is -2.39. The van der Waals surface area contributed by atoms with E-state index in [1.54, 1.807) is 0 Å². The van der Waals surface area contributed by atoms with Crippen LogP contribution in [0.5, 0.6) is 0 Å². The summed E-state index contributed by atoms with van der Waals surface area (Å²) in [6.07, 6.45) is 6.26. The molecule has 0 saturated carbocycles. The van der Waals surface area contributed by atoms with Gasteiger partial charge in [-0.1, -0.05) is 37.3 Å². The molecule has 1 fully saturated rings. The third-order valence-corrected chi connectivity index (χ3v) is 5.76. The molecular formula is C23H27N3. The van der Waals surface area contributed by atoms with Crippen molar-refractivity contribution in [3.63, 3.8) is 0 Å². The van der Waals surface area contributed by atoms with Gasteiger partial charge in [0.2, 0.25) is 0 Å². The number of aromatic nitrogens is 2. The van der Waals surface area contributed by atoms with Crippen LogP contribution in [0.3, 0.4) is 0 Å². The van der Waals surface area contributed by atoms with Crippen LogP contribution in [-0.4, -0.2) is 34.1 Å². The number of piperidine rings is 1. The molecule has 1 saturated heterocycles. The Morgan fingerprint density at radius 3 is 2.31 bits per heavy atom. The minimum Gasteiger partial charge on any atom is -0.347 e. The predicted octanol–water partition coefficient (Wildman–Crippen LogP) is 4.95. The van der Waals surface area contributed by atoms with Crippen LogP contribution in [0, 0.1) is 0 Å². The molecule has 0 atom stereocenters. The summed E-state index contributed by atoms with van der Waals surface area (Å²) in [5, 5.41) is 0. The average molecular weight is 345 g/mol. The molecule has 134 valence electrons. The zero-order chi connectivity index (χ0) is 17.9. The van der Waals surface area contributed by atoms with Crippen molar-refractivity contribution < 1.29 is 0 Å². The molecule has 3 nitrogen and oxygen atoms in total. The Bertz CT molecular complexity index is 844. The van der Waals surface area contributed by atoms with Crippen molar-refractivity contribution >= 4 is 0 Å². The van der Waals surface area contributed by atoms with Crippen LogP contribution in [0.25, 0.3) is 22.4 Å². The van der Waals surface area contributed by atoms with E-state index in [0.717, 1.165) is 6.54 Å². The third-order valence-electron chi connectivity index (χ3n) is 5.76. The molecule has 1 aliphatic rings. The summed E-state index contributed by atoms with van der Waals surface area (Å²) in [5.41, 5.74) is 6.61. The van der Waals surface area contributed by atoms with E-state index in [1.807, 2.05) is 12.4 Å². The molecule has 1 aromatic carbocycles. The van der Waals surface area contributed by atoms with Crippen molar-refractivity contribution in [2.45, 2.75) is 25.7 Å². The van der Waals surface area contributed by atoms with E-state index < -0.39 is 0 Å². The quantitative estimate of drug-likeness (QED) is 0.667. The molecule has 3 heteroatoms. The van der Waals surface area contributed by atoms with E-state index in [-0.39, 0.29) is 0 Å². The maximum Gasteiger partial charge on any atom is 0.0559 e. The van der Waals surface area contributed by atoms with Crippen molar-refractivity contribution in [2.75, 3.05) is 19.6 Å². The number of rotatable bonds is 4. The van der Waals surface area contributed by atoms with E-state index in [4.69, 9.17) is 0 Å². The molecule has 0 aliphatic carbocycles. The number of nitrogens with zero attached hydrogens (tertiary/aromatic N) is 3. The molecule has 4 rings (SSSR count). The fourth-order valence-corrected chi connectivity index (χ4v) is 4.26. The molecular weight excluding hydrogens is 318 g/mol. The smallest absolute Gasteiger partial charge is 0.0559 e. The lowest BCUT2D eigenvalue weighted by molar-refractivity contribution is 0.219. The summed E-state index contributed by atoms with van der Waals surface area (Å²) in [6.45, 7) is 5.84. The standard InChI is InChI=1S/C23H27N3/c1-3-26-15-11-19(12-16-26)22-17-21(18-9-13-24-14-10-18)23(25(22)2)20-7-5-4-6-8-20/h4-10,13-14,17,19H,3,11-12,15-16H2,1-2H3. The van der Waals surface area contributed by atoms with Crippen molar-refractivity contribution in [2.24, 2.45) is 7.05 Å². The van der Waals surface area contributed by atoms with E-state index >= 15 is 0 Å². The maximum atomic E-state index is 4.20. The molecule has 1 aliphatic heterocycles. The summed E-state index contributed by atoms with van der Waals surface area (Å²) in [7, 11) is 2.23. The largest absolute Gasteiger partial charge is 0.347 e. The van der Waals surface area contributed by atoms with E-state index in [1.165, 1.54) is 54.0 Å². The van der Waals surface area contributed by atoms with Gasteiger partial charge in [0, 0.05) is 36.6 Å². The van der Waals surface area contributed by atoms with Gasteiger partial charge in [-0.05, 0) is 61.8 Å². The molecule has 0 amide bonds. The highest BCUT2D eigenvalue weighted by Gasteiger charge is 2.25. The highest BCUT2D eigenvalue weighted by atomic mass is 15.1. The lowest BCUT2D eigenvalue weighted by Gasteiger charge is -2.31. The first-order valence-electron chi connectivity index (χ1n) is 9.65. The van der Waals surface area contributed by atoms with Crippen molar-refractivity contribution in [1.29, 1.82) is 0 Å². The van der Waals surface area contributed by atoms with E-state index in [9.17, 15) is 0 Å².